The minimum Gasteiger partial charge on any atom is -0.507 e. The van der Waals surface area contributed by atoms with Crippen molar-refractivity contribution < 1.29 is 24.2 Å². The predicted molar refractivity (Wildman–Crippen MR) is 137 cm³/mol. The second-order valence-electron chi connectivity index (χ2n) is 8.99. The highest BCUT2D eigenvalue weighted by atomic mass is 32.1. The van der Waals surface area contributed by atoms with Gasteiger partial charge in [-0.3, -0.25) is 14.5 Å². The summed E-state index contributed by atoms with van der Waals surface area (Å²) in [6.07, 6.45) is 2.77. The van der Waals surface area contributed by atoms with Crippen molar-refractivity contribution in [2.45, 2.75) is 39.2 Å². The number of morpholine rings is 1. The van der Waals surface area contributed by atoms with Gasteiger partial charge in [-0.15, -0.1) is 11.3 Å². The van der Waals surface area contributed by atoms with Crippen molar-refractivity contribution in [3.8, 4) is 5.75 Å². The van der Waals surface area contributed by atoms with Crippen molar-refractivity contribution in [2.75, 3.05) is 46.0 Å². The zero-order valence-electron chi connectivity index (χ0n) is 20.5. The first-order chi connectivity index (χ1) is 17.0. The second kappa shape index (κ2) is 11.8. The van der Waals surface area contributed by atoms with E-state index >= 15 is 0 Å². The van der Waals surface area contributed by atoms with Crippen molar-refractivity contribution >= 4 is 28.8 Å². The Bertz CT molecular complexity index is 1060. The van der Waals surface area contributed by atoms with Crippen molar-refractivity contribution in [1.82, 2.24) is 9.80 Å². The summed E-state index contributed by atoms with van der Waals surface area (Å²) in [5.41, 5.74) is 1.49. The molecule has 2 aromatic rings. The van der Waals surface area contributed by atoms with Crippen LogP contribution in [0.4, 0.5) is 0 Å². The molecule has 3 heterocycles. The number of ether oxygens (including phenoxy) is 2. The SMILES string of the molecule is CCCCOc1ccc(/C(O)=C2\C(=O)C(=O)N(CCCN3CCOCC3)[C@H]2c2cccs2)c(C)c1. The molecule has 7 nitrogen and oxygen atoms in total. The fraction of sp³-hybridized carbons (Fsp3) is 0.481. The van der Waals surface area contributed by atoms with E-state index in [0.717, 1.165) is 68.3 Å². The third-order valence-corrected chi connectivity index (χ3v) is 7.47. The van der Waals surface area contributed by atoms with Crippen LogP contribution in [0.25, 0.3) is 5.76 Å². The smallest absolute Gasteiger partial charge is 0.295 e. The number of aliphatic hydroxyl groups excluding tert-OH is 1. The van der Waals surface area contributed by atoms with Gasteiger partial charge < -0.3 is 19.5 Å². The summed E-state index contributed by atoms with van der Waals surface area (Å²) in [5.74, 6) is -0.583. The van der Waals surface area contributed by atoms with Crippen LogP contribution in [0.5, 0.6) is 5.75 Å². The summed E-state index contributed by atoms with van der Waals surface area (Å²) in [6.45, 7) is 9.11. The summed E-state index contributed by atoms with van der Waals surface area (Å²) in [5, 5.41) is 13.3. The van der Waals surface area contributed by atoms with E-state index in [1.54, 1.807) is 17.0 Å². The zero-order valence-corrected chi connectivity index (χ0v) is 21.3. The van der Waals surface area contributed by atoms with Crippen LogP contribution in [0.15, 0.2) is 41.3 Å². The molecular formula is C27H34N2O5S. The van der Waals surface area contributed by atoms with Crippen LogP contribution >= 0.6 is 11.3 Å². The van der Waals surface area contributed by atoms with Gasteiger partial charge in [-0.2, -0.15) is 0 Å². The summed E-state index contributed by atoms with van der Waals surface area (Å²) in [7, 11) is 0. The molecular weight excluding hydrogens is 464 g/mol. The Labute approximate surface area is 210 Å². The predicted octanol–water partition coefficient (Wildman–Crippen LogP) is 4.38. The fourth-order valence-corrected chi connectivity index (χ4v) is 5.46. The van der Waals surface area contributed by atoms with Gasteiger partial charge in [-0.25, -0.2) is 0 Å². The highest BCUT2D eigenvalue weighted by Gasteiger charge is 2.46. The molecule has 0 bridgehead atoms. The van der Waals surface area contributed by atoms with Crippen molar-refractivity contribution in [3.63, 3.8) is 0 Å². The molecule has 0 aliphatic carbocycles. The van der Waals surface area contributed by atoms with Crippen molar-refractivity contribution in [2.24, 2.45) is 0 Å². The minimum atomic E-state index is -0.630. The first-order valence-electron chi connectivity index (χ1n) is 12.4. The van der Waals surface area contributed by atoms with Gasteiger partial charge in [0.25, 0.3) is 11.7 Å². The Morgan fingerprint density at radius 2 is 1.97 bits per heavy atom. The molecule has 1 N–H and O–H groups in total. The summed E-state index contributed by atoms with van der Waals surface area (Å²) in [4.78, 5) is 31.1. The van der Waals surface area contributed by atoms with Crippen molar-refractivity contribution in [3.05, 3.63) is 57.3 Å². The van der Waals surface area contributed by atoms with Crippen molar-refractivity contribution in [1.29, 1.82) is 0 Å². The highest BCUT2D eigenvalue weighted by molar-refractivity contribution is 7.10. The number of aliphatic hydroxyl groups is 1. The minimum absolute atomic E-state index is 0.130. The Morgan fingerprint density at radius 3 is 2.66 bits per heavy atom. The van der Waals surface area contributed by atoms with Crippen LogP contribution < -0.4 is 4.74 Å². The van der Waals surface area contributed by atoms with Crippen LogP contribution in [-0.2, 0) is 14.3 Å². The largest absolute Gasteiger partial charge is 0.507 e. The lowest BCUT2D eigenvalue weighted by molar-refractivity contribution is -0.140. The quantitative estimate of drug-likeness (QED) is 0.227. The Balaban J connectivity index is 1.59. The number of rotatable bonds is 10. The number of carbonyl (C=O) groups is 2. The van der Waals surface area contributed by atoms with Gasteiger partial charge in [0.2, 0.25) is 0 Å². The molecule has 0 spiro atoms. The van der Waals surface area contributed by atoms with Gasteiger partial charge >= 0.3 is 0 Å². The van der Waals surface area contributed by atoms with E-state index in [4.69, 9.17) is 9.47 Å². The van der Waals surface area contributed by atoms with Crippen LogP contribution in [0.2, 0.25) is 0 Å². The number of aryl methyl sites for hydroxylation is 1. The number of Topliss-reactive ketones (excluding diaryl/α,β-unsaturated/α-hetero) is 1. The maximum atomic E-state index is 13.2. The number of unbranched alkanes of at least 4 members (excludes halogenated alkanes) is 1. The van der Waals surface area contributed by atoms with Gasteiger partial charge in [0.15, 0.2) is 0 Å². The van der Waals surface area contributed by atoms with Crippen LogP contribution in [0.1, 0.15) is 48.2 Å². The molecule has 0 unspecified atom stereocenters. The standard InChI is InChI=1S/C27H34N2O5S/c1-3-4-14-34-20-8-9-21(19(2)18-20)25(30)23-24(22-7-5-17-35-22)29(27(32)26(23)31)11-6-10-28-12-15-33-16-13-28/h5,7-9,17-18,24,30H,3-4,6,10-16H2,1-2H3/b25-23+/t24-/m0/s1. The number of ketones is 1. The normalized spacial score (nSPS) is 20.5. The first-order valence-corrected chi connectivity index (χ1v) is 13.2. The van der Waals surface area contributed by atoms with E-state index in [1.807, 2.05) is 30.5 Å². The third kappa shape index (κ3) is 5.77. The second-order valence-corrected chi connectivity index (χ2v) is 9.97. The third-order valence-electron chi connectivity index (χ3n) is 6.55. The van der Waals surface area contributed by atoms with Crippen LogP contribution in [-0.4, -0.2) is 72.6 Å². The Kier molecular flexibility index (Phi) is 8.59. The molecule has 2 aliphatic heterocycles. The summed E-state index contributed by atoms with van der Waals surface area (Å²) < 4.78 is 11.2. The molecule has 188 valence electrons. The monoisotopic (exact) mass is 498 g/mol. The molecule has 0 radical (unpaired) electrons. The summed E-state index contributed by atoms with van der Waals surface area (Å²) >= 11 is 1.49. The van der Waals surface area contributed by atoms with Gasteiger partial charge in [-0.1, -0.05) is 19.4 Å². The van der Waals surface area contributed by atoms with Gasteiger partial charge in [0.05, 0.1) is 31.4 Å². The number of thiophene rings is 1. The molecule has 0 saturated carbocycles. The Morgan fingerprint density at radius 1 is 1.17 bits per heavy atom. The Hall–Kier alpha value is -2.68. The van der Waals surface area contributed by atoms with E-state index < -0.39 is 17.7 Å². The molecule has 1 amide bonds. The maximum absolute atomic E-state index is 13.2. The zero-order chi connectivity index (χ0) is 24.8. The molecule has 35 heavy (non-hydrogen) atoms. The molecule has 8 heteroatoms. The molecule has 2 fully saturated rings. The number of hydrogen-bond donors (Lipinski definition) is 1. The topological polar surface area (TPSA) is 79.3 Å². The fourth-order valence-electron chi connectivity index (χ4n) is 4.61. The molecule has 1 aromatic carbocycles. The number of carbonyl (C=O) groups excluding carboxylic acids is 2. The molecule has 2 saturated heterocycles. The van der Waals surface area contributed by atoms with Gasteiger partial charge in [0, 0.05) is 36.6 Å². The lowest BCUT2D eigenvalue weighted by Gasteiger charge is -2.28. The molecule has 1 atom stereocenters. The van der Waals surface area contributed by atoms with Gasteiger partial charge in [-0.05, 0) is 55.0 Å². The van der Waals surface area contributed by atoms with Crippen LogP contribution in [0.3, 0.4) is 0 Å². The maximum Gasteiger partial charge on any atom is 0.295 e. The number of nitrogens with zero attached hydrogens (tertiary/aromatic N) is 2. The van der Waals surface area contributed by atoms with Gasteiger partial charge in [0.1, 0.15) is 11.5 Å². The molecule has 2 aliphatic rings. The number of amides is 1. The molecule has 1 aromatic heterocycles. The lowest BCUT2D eigenvalue weighted by atomic mass is 9.97. The number of benzene rings is 1. The van der Waals surface area contributed by atoms with E-state index in [1.165, 1.54) is 11.3 Å². The van der Waals surface area contributed by atoms with E-state index in [-0.39, 0.29) is 11.3 Å². The van der Waals surface area contributed by atoms with Crippen LogP contribution in [0, 0.1) is 6.92 Å². The highest BCUT2D eigenvalue weighted by Crippen LogP contribution is 2.41. The van der Waals surface area contributed by atoms with E-state index in [2.05, 4.69) is 11.8 Å². The van der Waals surface area contributed by atoms with E-state index in [9.17, 15) is 14.7 Å². The molecule has 4 rings (SSSR count). The van der Waals surface area contributed by atoms with E-state index in [0.29, 0.717) is 18.7 Å². The summed E-state index contributed by atoms with van der Waals surface area (Å²) in [6, 6.07) is 8.67. The number of likely N-dealkylation sites (tertiary alicyclic amines) is 1. The number of hydrogen-bond acceptors (Lipinski definition) is 7. The average Bonchev–Trinajstić information content (AvgIpc) is 3.47. The average molecular weight is 499 g/mol. The lowest BCUT2D eigenvalue weighted by Crippen LogP contribution is -2.38. The first kappa shape index (κ1) is 25.4.